The van der Waals surface area contributed by atoms with E-state index in [-0.39, 0.29) is 6.10 Å². The molecule has 0 aliphatic carbocycles. The minimum atomic E-state index is 0.212. The van der Waals surface area contributed by atoms with Gasteiger partial charge in [0.25, 0.3) is 0 Å². The Labute approximate surface area is 103 Å². The zero-order valence-corrected chi connectivity index (χ0v) is 10.7. The maximum absolute atomic E-state index is 5.57. The average Bonchev–Trinajstić information content (AvgIpc) is 2.32. The summed E-state index contributed by atoms with van der Waals surface area (Å²) in [5.74, 6) is 0. The first kappa shape index (κ1) is 14.9. The van der Waals surface area contributed by atoms with Crippen LogP contribution in [0.15, 0.2) is 0 Å². The summed E-state index contributed by atoms with van der Waals surface area (Å²) in [6, 6.07) is 0. The summed E-state index contributed by atoms with van der Waals surface area (Å²) in [5.41, 5.74) is 0. The molecule has 0 bridgehead atoms. The molecule has 0 spiro atoms. The Morgan fingerprint density at radius 3 is 1.53 bits per heavy atom. The van der Waals surface area contributed by atoms with Crippen molar-refractivity contribution in [2.45, 2.75) is 19.4 Å². The van der Waals surface area contributed by atoms with Crippen LogP contribution >= 0.6 is 0 Å². The molecule has 1 rings (SSSR count). The normalized spacial score (nSPS) is 27.7. The Hall–Kier alpha value is -0.200. The van der Waals surface area contributed by atoms with Crippen LogP contribution < -0.4 is 0 Å². The average molecular weight is 248 g/mol. The maximum Gasteiger partial charge on any atom is 0.0704 e. The molecule has 102 valence electrons. The van der Waals surface area contributed by atoms with Crippen LogP contribution in [0, 0.1) is 0 Å². The Kier molecular flexibility index (Phi) is 9.55. The van der Waals surface area contributed by atoms with Crippen LogP contribution in [0.5, 0.6) is 0 Å². The molecule has 0 amide bonds. The molecular weight excluding hydrogens is 224 g/mol. The van der Waals surface area contributed by atoms with Crippen molar-refractivity contribution < 1.29 is 23.7 Å². The van der Waals surface area contributed by atoms with E-state index in [1.165, 1.54) is 0 Å². The quantitative estimate of drug-likeness (QED) is 0.636. The summed E-state index contributed by atoms with van der Waals surface area (Å²) in [6.45, 7) is 7.70. The van der Waals surface area contributed by atoms with E-state index in [2.05, 4.69) is 0 Å². The predicted molar refractivity (Wildman–Crippen MR) is 63.3 cm³/mol. The van der Waals surface area contributed by atoms with E-state index < -0.39 is 0 Å². The molecule has 1 unspecified atom stereocenters. The number of hydrogen-bond donors (Lipinski definition) is 0. The Morgan fingerprint density at radius 1 is 0.588 bits per heavy atom. The van der Waals surface area contributed by atoms with Crippen LogP contribution in [-0.2, 0) is 23.7 Å². The summed E-state index contributed by atoms with van der Waals surface area (Å²) in [4.78, 5) is 0. The smallest absolute Gasteiger partial charge is 0.0704 e. The maximum atomic E-state index is 5.57. The van der Waals surface area contributed by atoms with Crippen molar-refractivity contribution in [3.63, 3.8) is 0 Å². The zero-order valence-electron chi connectivity index (χ0n) is 10.7. The zero-order chi connectivity index (χ0) is 12.2. The molecular formula is C12H24O5. The molecule has 0 aromatic heterocycles. The van der Waals surface area contributed by atoms with Gasteiger partial charge in [-0.15, -0.1) is 0 Å². The van der Waals surface area contributed by atoms with Crippen LogP contribution in [0.2, 0.25) is 0 Å². The van der Waals surface area contributed by atoms with E-state index in [4.69, 9.17) is 23.7 Å². The molecule has 17 heavy (non-hydrogen) atoms. The lowest BCUT2D eigenvalue weighted by Crippen LogP contribution is -2.18. The summed E-state index contributed by atoms with van der Waals surface area (Å²) in [7, 11) is 0. The second-order valence-corrected chi connectivity index (χ2v) is 3.92. The second kappa shape index (κ2) is 10.9. The fraction of sp³-hybridized carbons (Fsp3) is 1.00. The number of hydrogen-bond acceptors (Lipinski definition) is 5. The lowest BCUT2D eigenvalue weighted by atomic mass is 10.3. The molecule has 0 aromatic carbocycles. The largest absolute Gasteiger partial charge is 0.379 e. The van der Waals surface area contributed by atoms with Crippen molar-refractivity contribution >= 4 is 0 Å². The fourth-order valence-electron chi connectivity index (χ4n) is 1.40. The SMILES string of the molecule is CC1CCOCCOCCOCCOCCO1. The monoisotopic (exact) mass is 248 g/mol. The Balaban J connectivity index is 2.09. The third kappa shape index (κ3) is 9.50. The van der Waals surface area contributed by atoms with Gasteiger partial charge in [-0.05, 0) is 13.3 Å². The Bertz CT molecular complexity index is 149. The van der Waals surface area contributed by atoms with Crippen LogP contribution in [0.25, 0.3) is 0 Å². The molecule has 5 nitrogen and oxygen atoms in total. The third-order valence-corrected chi connectivity index (χ3v) is 2.41. The first-order valence-electron chi connectivity index (χ1n) is 6.32. The van der Waals surface area contributed by atoms with Crippen LogP contribution in [-0.4, -0.2) is 65.6 Å². The van der Waals surface area contributed by atoms with Gasteiger partial charge in [-0.3, -0.25) is 0 Å². The lowest BCUT2D eigenvalue weighted by molar-refractivity contribution is -0.0363. The molecule has 1 fully saturated rings. The lowest BCUT2D eigenvalue weighted by Gasteiger charge is -2.14. The van der Waals surface area contributed by atoms with Gasteiger partial charge in [0.15, 0.2) is 0 Å². The highest BCUT2D eigenvalue weighted by atomic mass is 16.6. The summed E-state index contributed by atoms with van der Waals surface area (Å²) in [6.07, 6.45) is 1.12. The first-order chi connectivity index (χ1) is 8.39. The van der Waals surface area contributed by atoms with Gasteiger partial charge in [-0.2, -0.15) is 0 Å². The number of rotatable bonds is 0. The standard InChI is InChI=1S/C12H24O5/c1-12-2-3-13-4-5-14-6-7-15-8-9-16-10-11-17-12/h12H,2-11H2,1H3. The summed E-state index contributed by atoms with van der Waals surface area (Å²) < 4.78 is 27.0. The van der Waals surface area contributed by atoms with Crippen LogP contribution in [0.3, 0.4) is 0 Å². The van der Waals surface area contributed by atoms with Crippen LogP contribution in [0.4, 0.5) is 0 Å². The predicted octanol–water partition coefficient (Wildman–Crippen LogP) is 0.862. The van der Waals surface area contributed by atoms with Gasteiger partial charge in [0.05, 0.1) is 59.0 Å². The van der Waals surface area contributed by atoms with Crippen molar-refractivity contribution in [3.05, 3.63) is 0 Å². The third-order valence-electron chi connectivity index (χ3n) is 2.41. The van der Waals surface area contributed by atoms with E-state index >= 15 is 0 Å². The highest BCUT2D eigenvalue weighted by molar-refractivity contribution is 4.49. The molecule has 0 radical (unpaired) electrons. The van der Waals surface area contributed by atoms with Gasteiger partial charge in [0, 0.05) is 6.61 Å². The van der Waals surface area contributed by atoms with Gasteiger partial charge in [0.1, 0.15) is 0 Å². The van der Waals surface area contributed by atoms with E-state index in [0.717, 1.165) is 6.42 Å². The topological polar surface area (TPSA) is 46.2 Å². The highest BCUT2D eigenvalue weighted by Gasteiger charge is 2.02. The van der Waals surface area contributed by atoms with E-state index in [1.54, 1.807) is 0 Å². The van der Waals surface area contributed by atoms with Crippen molar-refractivity contribution in [1.82, 2.24) is 0 Å². The molecule has 1 aliphatic rings. The van der Waals surface area contributed by atoms with E-state index in [9.17, 15) is 0 Å². The van der Waals surface area contributed by atoms with Gasteiger partial charge >= 0.3 is 0 Å². The minimum Gasteiger partial charge on any atom is -0.379 e. The van der Waals surface area contributed by atoms with Gasteiger partial charge in [-0.25, -0.2) is 0 Å². The summed E-state index contributed by atoms with van der Waals surface area (Å²) >= 11 is 0. The molecule has 0 aromatic rings. The molecule has 1 atom stereocenters. The molecule has 0 N–H and O–H groups in total. The molecule has 1 heterocycles. The highest BCUT2D eigenvalue weighted by Crippen LogP contribution is 1.98. The Morgan fingerprint density at radius 2 is 1.00 bits per heavy atom. The first-order valence-corrected chi connectivity index (χ1v) is 6.32. The molecule has 5 heteroatoms. The van der Waals surface area contributed by atoms with Crippen LogP contribution in [0.1, 0.15) is 13.3 Å². The van der Waals surface area contributed by atoms with Gasteiger partial charge in [0.2, 0.25) is 0 Å². The second-order valence-electron chi connectivity index (χ2n) is 3.92. The van der Waals surface area contributed by atoms with Crippen molar-refractivity contribution in [3.8, 4) is 0 Å². The van der Waals surface area contributed by atoms with E-state index in [0.29, 0.717) is 59.5 Å². The molecule has 0 saturated carbocycles. The van der Waals surface area contributed by atoms with Crippen molar-refractivity contribution in [2.24, 2.45) is 0 Å². The molecule has 1 aliphatic heterocycles. The van der Waals surface area contributed by atoms with Crippen molar-refractivity contribution in [2.75, 3.05) is 59.5 Å². The van der Waals surface area contributed by atoms with Gasteiger partial charge in [-0.1, -0.05) is 0 Å². The fourth-order valence-corrected chi connectivity index (χ4v) is 1.40. The van der Waals surface area contributed by atoms with E-state index in [1.807, 2.05) is 6.92 Å². The number of ether oxygens (including phenoxy) is 5. The minimum absolute atomic E-state index is 0.212. The summed E-state index contributed by atoms with van der Waals surface area (Å²) in [5, 5.41) is 0. The van der Waals surface area contributed by atoms with Crippen molar-refractivity contribution in [1.29, 1.82) is 0 Å². The molecule has 1 saturated heterocycles. The van der Waals surface area contributed by atoms with Gasteiger partial charge < -0.3 is 23.7 Å².